The minimum atomic E-state index is 0.561. The summed E-state index contributed by atoms with van der Waals surface area (Å²) in [7, 11) is 1.92. The number of benzene rings is 1. The molecule has 0 aliphatic carbocycles. The summed E-state index contributed by atoms with van der Waals surface area (Å²) in [5.41, 5.74) is 8.04. The number of hydrogen-bond acceptors (Lipinski definition) is 6. The second-order valence-electron chi connectivity index (χ2n) is 8.38. The molecule has 1 aromatic carbocycles. The van der Waals surface area contributed by atoms with Gasteiger partial charge in [0.1, 0.15) is 5.69 Å². The molecule has 6 rings (SSSR count). The molecular formula is C25H25N9. The Morgan fingerprint density at radius 3 is 2.76 bits per heavy atom. The largest absolute Gasteiger partial charge is 0.379 e. The second-order valence-corrected chi connectivity index (χ2v) is 8.38. The summed E-state index contributed by atoms with van der Waals surface area (Å²) in [6.45, 7) is 2.38. The van der Waals surface area contributed by atoms with Crippen molar-refractivity contribution in [1.29, 1.82) is 0 Å². The van der Waals surface area contributed by atoms with Gasteiger partial charge in [-0.15, -0.1) is 0 Å². The summed E-state index contributed by atoms with van der Waals surface area (Å²) in [5, 5.41) is 11.3. The maximum absolute atomic E-state index is 5.02. The van der Waals surface area contributed by atoms with Gasteiger partial charge in [0.05, 0.1) is 36.7 Å². The number of aromatic nitrogens is 7. The predicted molar refractivity (Wildman–Crippen MR) is 132 cm³/mol. The third-order valence-electron chi connectivity index (χ3n) is 6.05. The van der Waals surface area contributed by atoms with Crippen molar-refractivity contribution in [2.75, 3.05) is 18.4 Å². The van der Waals surface area contributed by atoms with Crippen LogP contribution in [0.25, 0.3) is 28.2 Å². The molecule has 0 amide bonds. The van der Waals surface area contributed by atoms with E-state index in [1.165, 1.54) is 5.57 Å². The maximum Gasteiger partial charge on any atom is 0.160 e. The van der Waals surface area contributed by atoms with Crippen LogP contribution >= 0.6 is 0 Å². The Hall–Kier alpha value is -4.24. The van der Waals surface area contributed by atoms with Gasteiger partial charge in [-0.25, -0.2) is 15.0 Å². The lowest BCUT2D eigenvalue weighted by atomic mass is 10.1. The Morgan fingerprint density at radius 1 is 1.12 bits per heavy atom. The van der Waals surface area contributed by atoms with Crippen LogP contribution in [0.4, 0.5) is 5.69 Å². The van der Waals surface area contributed by atoms with Gasteiger partial charge in [0.2, 0.25) is 0 Å². The van der Waals surface area contributed by atoms with Gasteiger partial charge in [0.25, 0.3) is 0 Å². The van der Waals surface area contributed by atoms with E-state index in [9.17, 15) is 0 Å². The Balaban J connectivity index is 1.35. The average Bonchev–Trinajstić information content (AvgIpc) is 3.64. The molecule has 0 atom stereocenters. The number of nitrogens with zero attached hydrogens (tertiary/aromatic N) is 7. The molecule has 5 aromatic rings. The van der Waals surface area contributed by atoms with Crippen molar-refractivity contribution in [2.45, 2.75) is 13.0 Å². The van der Waals surface area contributed by atoms with Crippen molar-refractivity contribution < 1.29 is 0 Å². The van der Waals surface area contributed by atoms with Crippen molar-refractivity contribution in [1.82, 2.24) is 39.0 Å². The molecule has 1 aliphatic heterocycles. The second kappa shape index (κ2) is 8.60. The lowest BCUT2D eigenvalue weighted by Gasteiger charge is -2.16. The van der Waals surface area contributed by atoms with E-state index in [4.69, 9.17) is 9.97 Å². The highest BCUT2D eigenvalue weighted by atomic mass is 15.2. The highest BCUT2D eigenvalue weighted by molar-refractivity contribution is 5.69. The van der Waals surface area contributed by atoms with Crippen LogP contribution in [-0.4, -0.2) is 46.8 Å². The van der Waals surface area contributed by atoms with Crippen LogP contribution in [0.15, 0.2) is 73.8 Å². The molecule has 9 heteroatoms. The highest BCUT2D eigenvalue weighted by Crippen LogP contribution is 2.25. The van der Waals surface area contributed by atoms with Gasteiger partial charge in [-0.05, 0) is 42.8 Å². The summed E-state index contributed by atoms with van der Waals surface area (Å²) in [6.07, 6.45) is 16.6. The van der Waals surface area contributed by atoms with E-state index in [1.807, 2.05) is 36.4 Å². The fourth-order valence-electron chi connectivity index (χ4n) is 4.28. The zero-order valence-corrected chi connectivity index (χ0v) is 18.9. The summed E-state index contributed by atoms with van der Waals surface area (Å²) in [5.74, 6) is 0. The van der Waals surface area contributed by atoms with E-state index in [1.54, 1.807) is 17.2 Å². The first-order chi connectivity index (χ1) is 16.7. The predicted octanol–water partition coefficient (Wildman–Crippen LogP) is 3.30. The van der Waals surface area contributed by atoms with E-state index in [0.29, 0.717) is 6.54 Å². The molecule has 0 radical (unpaired) electrons. The number of imidazole rings is 2. The maximum atomic E-state index is 5.02. The SMILES string of the molecule is Cn1cc(-c2cnc3c(CNc4ccc(-n5ccnc5)cc4)nc(C4=CCCNC4)cn23)cn1. The molecule has 0 bridgehead atoms. The van der Waals surface area contributed by atoms with Gasteiger partial charge in [0.15, 0.2) is 5.65 Å². The summed E-state index contributed by atoms with van der Waals surface area (Å²) < 4.78 is 5.92. The highest BCUT2D eigenvalue weighted by Gasteiger charge is 2.16. The molecule has 0 spiro atoms. The minimum absolute atomic E-state index is 0.561. The minimum Gasteiger partial charge on any atom is -0.379 e. The summed E-state index contributed by atoms with van der Waals surface area (Å²) in [4.78, 5) is 13.9. The molecule has 0 fully saturated rings. The number of rotatable bonds is 6. The van der Waals surface area contributed by atoms with Crippen molar-refractivity contribution in [2.24, 2.45) is 7.05 Å². The zero-order valence-electron chi connectivity index (χ0n) is 18.9. The van der Waals surface area contributed by atoms with Gasteiger partial charge in [-0.2, -0.15) is 5.10 Å². The van der Waals surface area contributed by atoms with Crippen molar-refractivity contribution in [3.8, 4) is 16.9 Å². The summed E-state index contributed by atoms with van der Waals surface area (Å²) in [6, 6.07) is 8.27. The van der Waals surface area contributed by atoms with E-state index in [2.05, 4.69) is 61.7 Å². The Bertz CT molecular complexity index is 1460. The summed E-state index contributed by atoms with van der Waals surface area (Å²) >= 11 is 0. The first-order valence-electron chi connectivity index (χ1n) is 11.3. The normalized spacial score (nSPS) is 13.9. The van der Waals surface area contributed by atoms with Crippen LogP contribution in [0.5, 0.6) is 0 Å². The molecule has 1 aliphatic rings. The van der Waals surface area contributed by atoms with Crippen LogP contribution in [0.2, 0.25) is 0 Å². The molecule has 34 heavy (non-hydrogen) atoms. The fraction of sp³-hybridized carbons (Fsp3) is 0.200. The van der Waals surface area contributed by atoms with Crippen LogP contribution in [-0.2, 0) is 13.6 Å². The van der Waals surface area contributed by atoms with Crippen LogP contribution < -0.4 is 10.6 Å². The lowest BCUT2D eigenvalue weighted by molar-refractivity contribution is 0.736. The van der Waals surface area contributed by atoms with Crippen LogP contribution in [0.3, 0.4) is 0 Å². The number of aryl methyl sites for hydroxylation is 1. The number of nitrogens with one attached hydrogen (secondary N) is 2. The van der Waals surface area contributed by atoms with Gasteiger partial charge in [0, 0.05) is 55.3 Å². The van der Waals surface area contributed by atoms with Gasteiger partial charge >= 0.3 is 0 Å². The topological polar surface area (TPSA) is 89.9 Å². The first-order valence-corrected chi connectivity index (χ1v) is 11.3. The average molecular weight is 452 g/mol. The van der Waals surface area contributed by atoms with Gasteiger partial charge in [-0.1, -0.05) is 6.08 Å². The Kier molecular flexibility index (Phi) is 5.15. The van der Waals surface area contributed by atoms with Gasteiger partial charge in [-0.3, -0.25) is 9.08 Å². The molecule has 5 heterocycles. The molecule has 4 aromatic heterocycles. The van der Waals surface area contributed by atoms with Crippen molar-refractivity contribution >= 4 is 16.9 Å². The number of fused-ring (bicyclic) bond motifs is 1. The standard InChI is InChI=1S/C25H25N9/c1-32-15-19(12-30-32)24-14-29-25-22(31-23(16-34(24)25)18-3-2-8-26-11-18)13-28-20-4-6-21(7-5-20)33-10-9-27-17-33/h3-7,9-10,12,14-17,26,28H,2,8,11,13H2,1H3. The first kappa shape index (κ1) is 20.4. The molecule has 0 saturated carbocycles. The molecular weight excluding hydrogens is 426 g/mol. The van der Waals surface area contributed by atoms with E-state index < -0.39 is 0 Å². The quantitative estimate of drug-likeness (QED) is 0.412. The molecule has 0 unspecified atom stereocenters. The molecule has 2 N–H and O–H groups in total. The molecule has 0 saturated heterocycles. The zero-order chi connectivity index (χ0) is 22.9. The molecule has 9 nitrogen and oxygen atoms in total. The number of hydrogen-bond donors (Lipinski definition) is 2. The van der Waals surface area contributed by atoms with E-state index >= 15 is 0 Å². The van der Waals surface area contributed by atoms with Crippen LogP contribution in [0.1, 0.15) is 17.8 Å². The number of anilines is 1. The Labute approximate surface area is 196 Å². The van der Waals surface area contributed by atoms with E-state index in [-0.39, 0.29) is 0 Å². The van der Waals surface area contributed by atoms with Crippen molar-refractivity contribution in [3.05, 3.63) is 85.2 Å². The van der Waals surface area contributed by atoms with E-state index in [0.717, 1.165) is 59.2 Å². The molecule has 170 valence electrons. The lowest BCUT2D eigenvalue weighted by Crippen LogP contribution is -2.22. The smallest absolute Gasteiger partial charge is 0.160 e. The Morgan fingerprint density at radius 2 is 2.03 bits per heavy atom. The van der Waals surface area contributed by atoms with Crippen molar-refractivity contribution in [3.63, 3.8) is 0 Å². The van der Waals surface area contributed by atoms with Crippen LogP contribution in [0, 0.1) is 0 Å². The monoisotopic (exact) mass is 451 g/mol. The third-order valence-corrected chi connectivity index (χ3v) is 6.05. The third kappa shape index (κ3) is 3.86. The van der Waals surface area contributed by atoms with Gasteiger partial charge < -0.3 is 15.2 Å². The fourth-order valence-corrected chi connectivity index (χ4v) is 4.28.